The largest absolute Gasteiger partial charge is 0.373 e. The second kappa shape index (κ2) is 8.23. The maximum Gasteiger partial charge on any atom is 0.227 e. The first-order valence-corrected chi connectivity index (χ1v) is 9.84. The summed E-state index contributed by atoms with van der Waals surface area (Å²) in [6.07, 6.45) is 5.99. The van der Waals surface area contributed by atoms with Crippen LogP contribution >= 0.6 is 0 Å². The molecule has 1 amide bonds. The van der Waals surface area contributed by atoms with Crippen LogP contribution in [0.15, 0.2) is 42.7 Å². The standard InChI is InChI=1S/C21H28N4O2/c1-24-14-17(11-23-24)19-12-22-13-20(19)21(26)25-9-7-18(8-10-25)27-15-16-5-3-2-4-6-16/h2-6,11,14,18-20,22H,7-10,12-13,15H2,1H3/t19-,20+/m1/s1. The van der Waals surface area contributed by atoms with Gasteiger partial charge >= 0.3 is 0 Å². The van der Waals surface area contributed by atoms with Crippen LogP contribution in [-0.4, -0.2) is 52.9 Å². The fraction of sp³-hybridized carbons (Fsp3) is 0.524. The highest BCUT2D eigenvalue weighted by atomic mass is 16.5. The third-order valence-corrected chi connectivity index (χ3v) is 5.77. The Labute approximate surface area is 160 Å². The molecule has 2 saturated heterocycles. The number of carbonyl (C=O) groups is 1. The van der Waals surface area contributed by atoms with Crippen molar-refractivity contribution in [2.24, 2.45) is 13.0 Å². The number of aryl methyl sites for hydroxylation is 1. The van der Waals surface area contributed by atoms with Crippen molar-refractivity contribution in [1.29, 1.82) is 0 Å². The Morgan fingerprint density at radius 2 is 2.00 bits per heavy atom. The van der Waals surface area contributed by atoms with E-state index in [0.717, 1.165) is 44.6 Å². The van der Waals surface area contributed by atoms with E-state index >= 15 is 0 Å². The molecule has 2 fully saturated rings. The molecule has 2 aromatic rings. The number of nitrogens with one attached hydrogen (secondary N) is 1. The summed E-state index contributed by atoms with van der Waals surface area (Å²) in [6, 6.07) is 10.3. The van der Waals surface area contributed by atoms with Gasteiger partial charge in [-0.3, -0.25) is 9.48 Å². The van der Waals surface area contributed by atoms with E-state index in [9.17, 15) is 4.79 Å². The fourth-order valence-corrected chi connectivity index (χ4v) is 4.19. The van der Waals surface area contributed by atoms with E-state index in [1.807, 2.05) is 47.2 Å². The van der Waals surface area contributed by atoms with E-state index < -0.39 is 0 Å². The number of benzene rings is 1. The van der Waals surface area contributed by atoms with Gasteiger partial charge in [0.15, 0.2) is 0 Å². The average molecular weight is 368 g/mol. The van der Waals surface area contributed by atoms with Crippen LogP contribution in [0.25, 0.3) is 0 Å². The quantitative estimate of drug-likeness (QED) is 0.876. The minimum Gasteiger partial charge on any atom is -0.373 e. The SMILES string of the molecule is Cn1cc([C@H]2CNC[C@@H]2C(=O)N2CCC(OCc3ccccc3)CC2)cn1. The van der Waals surface area contributed by atoms with Gasteiger partial charge in [-0.05, 0) is 24.0 Å². The summed E-state index contributed by atoms with van der Waals surface area (Å²) in [7, 11) is 1.92. The summed E-state index contributed by atoms with van der Waals surface area (Å²) in [5.74, 6) is 0.504. The molecule has 1 N–H and O–H groups in total. The Hall–Kier alpha value is -2.18. The van der Waals surface area contributed by atoms with Crippen LogP contribution in [-0.2, 0) is 23.2 Å². The smallest absolute Gasteiger partial charge is 0.227 e. The molecule has 1 aromatic carbocycles. The molecule has 6 nitrogen and oxygen atoms in total. The zero-order valence-corrected chi connectivity index (χ0v) is 15.9. The Kier molecular flexibility index (Phi) is 5.55. The third-order valence-electron chi connectivity index (χ3n) is 5.77. The topological polar surface area (TPSA) is 59.4 Å². The second-order valence-corrected chi connectivity index (χ2v) is 7.64. The van der Waals surface area contributed by atoms with Gasteiger partial charge in [-0.25, -0.2) is 0 Å². The van der Waals surface area contributed by atoms with Gasteiger partial charge in [0.2, 0.25) is 5.91 Å². The van der Waals surface area contributed by atoms with Crippen LogP contribution in [0.4, 0.5) is 0 Å². The molecule has 2 atom stereocenters. The Morgan fingerprint density at radius 3 is 2.70 bits per heavy atom. The summed E-state index contributed by atoms with van der Waals surface area (Å²) in [5, 5.41) is 7.66. The summed E-state index contributed by atoms with van der Waals surface area (Å²) < 4.78 is 7.86. The zero-order valence-electron chi connectivity index (χ0n) is 15.9. The Bertz CT molecular complexity index is 753. The molecule has 0 saturated carbocycles. The van der Waals surface area contributed by atoms with E-state index in [0.29, 0.717) is 6.61 Å². The van der Waals surface area contributed by atoms with E-state index in [2.05, 4.69) is 22.5 Å². The van der Waals surface area contributed by atoms with Crippen LogP contribution in [0.3, 0.4) is 0 Å². The maximum absolute atomic E-state index is 13.1. The first-order valence-electron chi connectivity index (χ1n) is 9.84. The van der Waals surface area contributed by atoms with Gasteiger partial charge in [0.1, 0.15) is 0 Å². The number of piperidine rings is 1. The molecule has 0 spiro atoms. The number of rotatable bonds is 5. The molecule has 0 bridgehead atoms. The first-order chi connectivity index (χ1) is 13.2. The molecule has 0 radical (unpaired) electrons. The number of aromatic nitrogens is 2. The van der Waals surface area contributed by atoms with Crippen LogP contribution in [0.2, 0.25) is 0 Å². The molecule has 2 aliphatic heterocycles. The van der Waals surface area contributed by atoms with Crippen molar-refractivity contribution in [3.05, 3.63) is 53.9 Å². The number of hydrogen-bond acceptors (Lipinski definition) is 4. The number of amides is 1. The van der Waals surface area contributed by atoms with Crippen molar-refractivity contribution in [2.75, 3.05) is 26.2 Å². The Morgan fingerprint density at radius 1 is 1.22 bits per heavy atom. The van der Waals surface area contributed by atoms with Gasteiger partial charge in [0, 0.05) is 45.3 Å². The molecule has 27 heavy (non-hydrogen) atoms. The lowest BCUT2D eigenvalue weighted by Gasteiger charge is -2.34. The number of ether oxygens (including phenoxy) is 1. The number of hydrogen-bond donors (Lipinski definition) is 1. The van der Waals surface area contributed by atoms with Crippen molar-refractivity contribution < 1.29 is 9.53 Å². The molecule has 0 aliphatic carbocycles. The highest BCUT2D eigenvalue weighted by Crippen LogP contribution is 2.30. The minimum atomic E-state index is 0.0102. The van der Waals surface area contributed by atoms with Gasteiger partial charge in [-0.1, -0.05) is 30.3 Å². The van der Waals surface area contributed by atoms with Gasteiger partial charge in [0.05, 0.1) is 24.8 Å². The number of carbonyl (C=O) groups excluding carboxylic acids is 1. The molecule has 4 rings (SSSR count). The van der Waals surface area contributed by atoms with Gasteiger partial charge < -0.3 is 15.0 Å². The van der Waals surface area contributed by atoms with Crippen molar-refractivity contribution in [3.63, 3.8) is 0 Å². The summed E-state index contributed by atoms with van der Waals surface area (Å²) in [6.45, 7) is 3.82. The lowest BCUT2D eigenvalue weighted by molar-refractivity contribution is -0.138. The van der Waals surface area contributed by atoms with Crippen LogP contribution < -0.4 is 5.32 Å². The lowest BCUT2D eigenvalue weighted by Crippen LogP contribution is -2.45. The monoisotopic (exact) mass is 368 g/mol. The van der Waals surface area contributed by atoms with Gasteiger partial charge in [0.25, 0.3) is 0 Å². The summed E-state index contributed by atoms with van der Waals surface area (Å²) >= 11 is 0. The predicted molar refractivity (Wildman–Crippen MR) is 103 cm³/mol. The van der Waals surface area contributed by atoms with Gasteiger partial charge in [-0.15, -0.1) is 0 Å². The third kappa shape index (κ3) is 4.22. The number of likely N-dealkylation sites (tertiary alicyclic amines) is 1. The summed E-state index contributed by atoms with van der Waals surface area (Å²) in [4.78, 5) is 15.1. The molecule has 3 heterocycles. The van der Waals surface area contributed by atoms with Gasteiger partial charge in [-0.2, -0.15) is 5.10 Å². The first kappa shape index (κ1) is 18.2. The zero-order chi connectivity index (χ0) is 18.6. The Balaban J connectivity index is 1.29. The molecule has 1 aromatic heterocycles. The molecule has 0 unspecified atom stereocenters. The highest BCUT2D eigenvalue weighted by molar-refractivity contribution is 5.80. The highest BCUT2D eigenvalue weighted by Gasteiger charge is 2.38. The van der Waals surface area contributed by atoms with Crippen LogP contribution in [0.1, 0.15) is 29.9 Å². The predicted octanol–water partition coefficient (Wildman–Crippen LogP) is 1.93. The van der Waals surface area contributed by atoms with E-state index in [1.165, 1.54) is 5.56 Å². The van der Waals surface area contributed by atoms with Crippen LogP contribution in [0, 0.1) is 5.92 Å². The molecule has 2 aliphatic rings. The lowest BCUT2D eigenvalue weighted by atomic mass is 9.89. The van der Waals surface area contributed by atoms with Crippen LogP contribution in [0.5, 0.6) is 0 Å². The molecule has 6 heteroatoms. The maximum atomic E-state index is 13.1. The van der Waals surface area contributed by atoms with Crippen molar-refractivity contribution in [1.82, 2.24) is 20.0 Å². The van der Waals surface area contributed by atoms with Crippen molar-refractivity contribution in [2.45, 2.75) is 31.5 Å². The van der Waals surface area contributed by atoms with E-state index in [4.69, 9.17) is 4.74 Å². The van der Waals surface area contributed by atoms with Crippen molar-refractivity contribution in [3.8, 4) is 0 Å². The van der Waals surface area contributed by atoms with E-state index in [-0.39, 0.29) is 23.8 Å². The van der Waals surface area contributed by atoms with E-state index in [1.54, 1.807) is 0 Å². The molecular weight excluding hydrogens is 340 g/mol. The molecule has 144 valence electrons. The molecular formula is C21H28N4O2. The number of nitrogens with zero attached hydrogens (tertiary/aromatic N) is 3. The minimum absolute atomic E-state index is 0.0102. The normalized spacial score (nSPS) is 23.7. The average Bonchev–Trinajstić information content (AvgIpc) is 3.36. The second-order valence-electron chi connectivity index (χ2n) is 7.64. The fourth-order valence-electron chi connectivity index (χ4n) is 4.19. The summed E-state index contributed by atoms with van der Waals surface area (Å²) in [5.41, 5.74) is 2.36. The van der Waals surface area contributed by atoms with Crippen molar-refractivity contribution >= 4 is 5.91 Å².